The zero-order valence-electron chi connectivity index (χ0n) is 15.3. The van der Waals surface area contributed by atoms with Gasteiger partial charge in [0.2, 0.25) is 0 Å². The van der Waals surface area contributed by atoms with Gasteiger partial charge in [0.15, 0.2) is 0 Å². The summed E-state index contributed by atoms with van der Waals surface area (Å²) in [5, 5.41) is 3.68. The molecule has 2 aromatic carbocycles. The monoisotopic (exact) mass is 333 g/mol. The second-order valence-electron chi connectivity index (χ2n) is 8.39. The van der Waals surface area contributed by atoms with E-state index in [1.165, 1.54) is 5.56 Å². The molecule has 2 heteroatoms. The van der Waals surface area contributed by atoms with E-state index in [4.69, 9.17) is 0 Å². The van der Waals surface area contributed by atoms with Gasteiger partial charge in [-0.1, -0.05) is 69.3 Å². The number of Topliss-reactive ketones (excluding diaryl/α,β-unsaturated/α-hetero) is 1. The number of hydrogen-bond acceptors (Lipinski definition) is 2. The lowest BCUT2D eigenvalue weighted by atomic mass is 9.62. The normalized spacial score (nSPS) is 31.1. The maximum absolute atomic E-state index is 13.2. The first-order chi connectivity index (χ1) is 12.0. The molecule has 130 valence electrons. The highest BCUT2D eigenvalue weighted by atomic mass is 16.1. The van der Waals surface area contributed by atoms with Crippen LogP contribution >= 0.6 is 0 Å². The van der Waals surface area contributed by atoms with E-state index >= 15 is 0 Å². The van der Waals surface area contributed by atoms with Gasteiger partial charge < -0.3 is 5.32 Å². The van der Waals surface area contributed by atoms with E-state index in [9.17, 15) is 4.79 Å². The lowest BCUT2D eigenvalue weighted by molar-refractivity contribution is -0.131. The van der Waals surface area contributed by atoms with Gasteiger partial charge in [-0.05, 0) is 41.4 Å². The van der Waals surface area contributed by atoms with Gasteiger partial charge in [0.05, 0.1) is 6.04 Å². The molecule has 0 amide bonds. The van der Waals surface area contributed by atoms with E-state index in [1.807, 2.05) is 24.3 Å². The summed E-state index contributed by atoms with van der Waals surface area (Å²) >= 11 is 0. The highest BCUT2D eigenvalue weighted by Gasteiger charge is 2.61. The number of benzene rings is 2. The highest BCUT2D eigenvalue weighted by Crippen LogP contribution is 2.62. The molecule has 0 unspecified atom stereocenters. The lowest BCUT2D eigenvalue weighted by Gasteiger charge is -2.43. The fourth-order valence-corrected chi connectivity index (χ4v) is 5.21. The quantitative estimate of drug-likeness (QED) is 0.818. The number of carbonyl (C=O) groups excluding carboxylic acids is 1. The average molecular weight is 333 g/mol. The number of carbonyl (C=O) groups is 1. The summed E-state index contributed by atoms with van der Waals surface area (Å²) in [6, 6.07) is 20.8. The summed E-state index contributed by atoms with van der Waals surface area (Å²) in [5.74, 6) is 1.68. The zero-order valence-corrected chi connectivity index (χ0v) is 15.3. The van der Waals surface area contributed by atoms with Crippen LogP contribution in [0.3, 0.4) is 0 Å². The molecule has 1 N–H and O–H groups in total. The van der Waals surface area contributed by atoms with Crippen molar-refractivity contribution in [2.24, 2.45) is 29.1 Å². The average Bonchev–Trinajstić information content (AvgIpc) is 3.08. The number of anilines is 1. The van der Waals surface area contributed by atoms with Crippen LogP contribution in [0.15, 0.2) is 60.7 Å². The van der Waals surface area contributed by atoms with Crippen molar-refractivity contribution >= 4 is 11.5 Å². The van der Waals surface area contributed by atoms with Crippen LogP contribution in [0.4, 0.5) is 5.69 Å². The summed E-state index contributed by atoms with van der Waals surface area (Å²) in [6.45, 7) is 6.97. The van der Waals surface area contributed by atoms with E-state index in [0.717, 1.165) is 12.1 Å². The van der Waals surface area contributed by atoms with Crippen LogP contribution in [0, 0.1) is 29.1 Å². The first-order valence-electron chi connectivity index (χ1n) is 9.40. The second-order valence-corrected chi connectivity index (χ2v) is 8.39. The van der Waals surface area contributed by atoms with Gasteiger partial charge in [-0.25, -0.2) is 0 Å². The molecule has 0 radical (unpaired) electrons. The Morgan fingerprint density at radius 1 is 1.00 bits per heavy atom. The van der Waals surface area contributed by atoms with Crippen LogP contribution in [0.1, 0.15) is 38.8 Å². The Kier molecular flexibility index (Phi) is 3.94. The molecule has 0 aromatic heterocycles. The summed E-state index contributed by atoms with van der Waals surface area (Å²) in [7, 11) is 0. The molecule has 25 heavy (non-hydrogen) atoms. The minimum absolute atomic E-state index is 0.0397. The number of rotatable bonds is 4. The molecule has 2 fully saturated rings. The standard InChI is InChI=1S/C23H27NO/c1-15-18-14-19(23(15,2)3)20(22(18)25)21(16-10-6-4-7-11-16)24-17-12-8-5-9-13-17/h4-13,15,18-21,24H,14H2,1-3H3/t15-,18-,19+,20+,21-/m1/s1. The van der Waals surface area contributed by atoms with Crippen molar-refractivity contribution in [3.8, 4) is 0 Å². The number of para-hydroxylation sites is 1. The maximum Gasteiger partial charge on any atom is 0.142 e. The Hall–Kier alpha value is -2.09. The van der Waals surface area contributed by atoms with E-state index in [-0.39, 0.29) is 23.3 Å². The maximum atomic E-state index is 13.2. The SMILES string of the molecule is C[C@@H]1[C@H]2C[C@@H]([C@@H]([C@H](Nc3ccccc3)c3ccccc3)C2=O)C1(C)C. The molecule has 2 aromatic rings. The van der Waals surface area contributed by atoms with Crippen LogP contribution in [0.25, 0.3) is 0 Å². The lowest BCUT2D eigenvalue weighted by Crippen LogP contribution is -2.43. The van der Waals surface area contributed by atoms with Crippen LogP contribution in [-0.4, -0.2) is 5.78 Å². The summed E-state index contributed by atoms with van der Waals surface area (Å²) < 4.78 is 0. The first-order valence-corrected chi connectivity index (χ1v) is 9.40. The minimum Gasteiger partial charge on any atom is -0.377 e. The molecular weight excluding hydrogens is 306 g/mol. The van der Waals surface area contributed by atoms with Gasteiger partial charge >= 0.3 is 0 Å². The van der Waals surface area contributed by atoms with E-state index in [0.29, 0.717) is 17.6 Å². The molecule has 2 aliphatic rings. The third-order valence-electron chi connectivity index (χ3n) is 6.98. The minimum atomic E-state index is 0.0397. The van der Waals surface area contributed by atoms with Crippen molar-refractivity contribution in [2.45, 2.75) is 33.2 Å². The summed E-state index contributed by atoms with van der Waals surface area (Å²) in [6.07, 6.45) is 1.05. The Labute approximate surface area is 150 Å². The molecule has 2 aliphatic carbocycles. The largest absolute Gasteiger partial charge is 0.377 e. The fraction of sp³-hybridized carbons (Fsp3) is 0.435. The van der Waals surface area contributed by atoms with Crippen molar-refractivity contribution in [3.05, 3.63) is 66.2 Å². The molecular formula is C23H27NO. The molecule has 0 saturated heterocycles. The first kappa shape index (κ1) is 16.4. The van der Waals surface area contributed by atoms with Crippen LogP contribution in [0.5, 0.6) is 0 Å². The Bertz CT molecular complexity index is 752. The molecule has 4 rings (SSSR count). The molecule has 0 spiro atoms. The second kappa shape index (κ2) is 6.01. The molecule has 2 nitrogen and oxygen atoms in total. The van der Waals surface area contributed by atoms with Crippen molar-refractivity contribution in [1.29, 1.82) is 0 Å². The van der Waals surface area contributed by atoms with Gasteiger partial charge in [0, 0.05) is 17.5 Å². The van der Waals surface area contributed by atoms with Gasteiger partial charge in [-0.15, -0.1) is 0 Å². The molecule has 0 heterocycles. The van der Waals surface area contributed by atoms with Gasteiger partial charge in [0.25, 0.3) is 0 Å². The van der Waals surface area contributed by atoms with E-state index in [2.05, 4.69) is 62.5 Å². The predicted molar refractivity (Wildman–Crippen MR) is 102 cm³/mol. The number of fused-ring (bicyclic) bond motifs is 2. The fourth-order valence-electron chi connectivity index (χ4n) is 5.21. The number of hydrogen-bond donors (Lipinski definition) is 1. The third kappa shape index (κ3) is 2.59. The van der Waals surface area contributed by atoms with Crippen LogP contribution < -0.4 is 5.32 Å². The van der Waals surface area contributed by atoms with Crippen molar-refractivity contribution in [1.82, 2.24) is 0 Å². The van der Waals surface area contributed by atoms with Crippen molar-refractivity contribution in [2.75, 3.05) is 5.32 Å². The number of nitrogens with one attached hydrogen (secondary N) is 1. The predicted octanol–water partition coefficient (Wildman–Crippen LogP) is 5.34. The molecule has 2 bridgehead atoms. The van der Waals surface area contributed by atoms with Gasteiger partial charge in [-0.3, -0.25) is 4.79 Å². The third-order valence-corrected chi connectivity index (χ3v) is 6.98. The van der Waals surface area contributed by atoms with Crippen LogP contribution in [-0.2, 0) is 4.79 Å². The summed E-state index contributed by atoms with van der Waals surface area (Å²) in [5.41, 5.74) is 2.51. The Balaban J connectivity index is 1.73. The zero-order chi connectivity index (χ0) is 17.6. The Morgan fingerprint density at radius 2 is 1.60 bits per heavy atom. The van der Waals surface area contributed by atoms with Crippen molar-refractivity contribution < 1.29 is 4.79 Å². The Morgan fingerprint density at radius 3 is 2.20 bits per heavy atom. The smallest absolute Gasteiger partial charge is 0.142 e. The molecule has 0 aliphatic heterocycles. The topological polar surface area (TPSA) is 29.1 Å². The number of ketones is 1. The van der Waals surface area contributed by atoms with Gasteiger partial charge in [-0.2, -0.15) is 0 Å². The summed E-state index contributed by atoms with van der Waals surface area (Å²) in [4.78, 5) is 13.2. The van der Waals surface area contributed by atoms with E-state index < -0.39 is 0 Å². The van der Waals surface area contributed by atoms with Crippen molar-refractivity contribution in [3.63, 3.8) is 0 Å². The molecule has 5 atom stereocenters. The molecule has 2 saturated carbocycles. The van der Waals surface area contributed by atoms with Crippen LogP contribution in [0.2, 0.25) is 0 Å². The van der Waals surface area contributed by atoms with Gasteiger partial charge in [0.1, 0.15) is 5.78 Å². The highest BCUT2D eigenvalue weighted by molar-refractivity contribution is 5.89. The van der Waals surface area contributed by atoms with E-state index in [1.54, 1.807) is 0 Å².